The van der Waals surface area contributed by atoms with Crippen LogP contribution in [0.4, 0.5) is 5.69 Å². The van der Waals surface area contributed by atoms with E-state index in [-0.39, 0.29) is 22.7 Å². The fraction of sp³-hybridized carbons (Fsp3) is 0.115. The molecule has 1 atom stereocenters. The summed E-state index contributed by atoms with van der Waals surface area (Å²) in [4.78, 5) is 36.9. The topological polar surface area (TPSA) is 131 Å². The molecule has 0 amide bonds. The van der Waals surface area contributed by atoms with Gasteiger partial charge in [-0.05, 0) is 57.5 Å². The normalized spacial score (nSPS) is 15.3. The Morgan fingerprint density at radius 3 is 2.22 bits per heavy atom. The molecule has 0 fully saturated rings. The zero-order valence-electron chi connectivity index (χ0n) is 19.7. The fourth-order valence-corrected chi connectivity index (χ4v) is 4.80. The molecule has 0 saturated carbocycles. The molecular weight excluding hydrogens is 558 g/mol. The van der Waals surface area contributed by atoms with Crippen molar-refractivity contribution in [3.8, 4) is 6.07 Å². The lowest BCUT2D eigenvalue weighted by Crippen LogP contribution is -2.40. The summed E-state index contributed by atoms with van der Waals surface area (Å²) in [7, 11) is 2.41. The maximum Gasteiger partial charge on any atom is 0.355 e. The molecule has 186 valence electrons. The van der Waals surface area contributed by atoms with Gasteiger partial charge in [0, 0.05) is 23.0 Å². The van der Waals surface area contributed by atoms with E-state index >= 15 is 0 Å². The standard InChI is InChI=1S/C26H20BrN5O4S/c1-35-24(33)21-20(15-6-4-3-5-7-15)19(12-28)23(29)32(22(21)25(34)36-2)17-8-10-18(11-9-17)37-26-30-13-16(27)14-31-26/h3-11,13-14,20H,29H2,1-2H3. The number of carbonyl (C=O) groups excluding carboxylic acids is 2. The van der Waals surface area contributed by atoms with Gasteiger partial charge in [0.05, 0.1) is 41.8 Å². The Hall–Kier alpha value is -4.14. The van der Waals surface area contributed by atoms with E-state index in [1.54, 1.807) is 67.0 Å². The Labute approximate surface area is 225 Å². The third-order valence-electron chi connectivity index (χ3n) is 5.51. The molecule has 0 saturated heterocycles. The predicted octanol–water partition coefficient (Wildman–Crippen LogP) is 4.29. The van der Waals surface area contributed by atoms with E-state index in [4.69, 9.17) is 15.2 Å². The number of hydrogen-bond acceptors (Lipinski definition) is 10. The van der Waals surface area contributed by atoms with E-state index in [0.29, 0.717) is 16.4 Å². The number of anilines is 1. The smallest absolute Gasteiger partial charge is 0.355 e. The van der Waals surface area contributed by atoms with E-state index in [0.717, 1.165) is 9.37 Å². The summed E-state index contributed by atoms with van der Waals surface area (Å²) in [5, 5.41) is 10.7. The zero-order valence-corrected chi connectivity index (χ0v) is 22.1. The van der Waals surface area contributed by atoms with Gasteiger partial charge < -0.3 is 15.2 Å². The summed E-state index contributed by atoms with van der Waals surface area (Å²) in [5.74, 6) is -2.50. The van der Waals surface area contributed by atoms with Gasteiger partial charge in [-0.1, -0.05) is 30.3 Å². The Kier molecular flexibility index (Phi) is 7.91. The summed E-state index contributed by atoms with van der Waals surface area (Å²) in [5.41, 5.74) is 7.48. The molecule has 2 N–H and O–H groups in total. The summed E-state index contributed by atoms with van der Waals surface area (Å²) >= 11 is 4.65. The van der Waals surface area contributed by atoms with Crippen molar-refractivity contribution in [3.05, 3.63) is 99.7 Å². The first-order valence-corrected chi connectivity index (χ1v) is 12.4. The summed E-state index contributed by atoms with van der Waals surface area (Å²) in [6, 6.07) is 18.0. The summed E-state index contributed by atoms with van der Waals surface area (Å²) in [6.07, 6.45) is 3.30. The molecule has 0 bridgehead atoms. The molecule has 11 heteroatoms. The van der Waals surface area contributed by atoms with Gasteiger partial charge in [-0.25, -0.2) is 19.6 Å². The van der Waals surface area contributed by atoms with Crippen LogP contribution in [0.15, 0.2) is 104 Å². The number of methoxy groups -OCH3 is 2. The lowest BCUT2D eigenvalue weighted by molar-refractivity contribution is -0.139. The number of hydrogen-bond donors (Lipinski definition) is 1. The van der Waals surface area contributed by atoms with Gasteiger partial charge in [0.15, 0.2) is 5.16 Å². The van der Waals surface area contributed by atoms with E-state index in [1.807, 2.05) is 0 Å². The zero-order chi connectivity index (χ0) is 26.5. The number of benzene rings is 2. The van der Waals surface area contributed by atoms with Crippen molar-refractivity contribution in [2.45, 2.75) is 16.0 Å². The van der Waals surface area contributed by atoms with Gasteiger partial charge in [0.25, 0.3) is 0 Å². The van der Waals surface area contributed by atoms with Gasteiger partial charge >= 0.3 is 11.9 Å². The second-order valence-electron chi connectivity index (χ2n) is 7.62. The van der Waals surface area contributed by atoms with Crippen molar-refractivity contribution >= 4 is 45.3 Å². The number of rotatable bonds is 6. The van der Waals surface area contributed by atoms with E-state index in [2.05, 4.69) is 32.0 Å². The third kappa shape index (κ3) is 5.21. The number of allylic oxidation sites excluding steroid dienone is 1. The van der Waals surface area contributed by atoms with Crippen molar-refractivity contribution in [1.29, 1.82) is 5.26 Å². The van der Waals surface area contributed by atoms with E-state index in [1.165, 1.54) is 30.9 Å². The van der Waals surface area contributed by atoms with Gasteiger partial charge in [0.2, 0.25) is 0 Å². The summed E-state index contributed by atoms with van der Waals surface area (Å²) < 4.78 is 10.9. The minimum atomic E-state index is -0.923. The van der Waals surface area contributed by atoms with Gasteiger partial charge in [0.1, 0.15) is 11.5 Å². The molecule has 2 aromatic carbocycles. The largest absolute Gasteiger partial charge is 0.466 e. The molecule has 9 nitrogen and oxygen atoms in total. The van der Waals surface area contributed by atoms with Crippen LogP contribution in [-0.2, 0) is 19.1 Å². The van der Waals surface area contributed by atoms with E-state index < -0.39 is 17.9 Å². The van der Waals surface area contributed by atoms with Crippen molar-refractivity contribution in [2.24, 2.45) is 5.73 Å². The average Bonchev–Trinajstić information content (AvgIpc) is 2.93. The second-order valence-corrected chi connectivity index (χ2v) is 9.57. The van der Waals surface area contributed by atoms with Crippen molar-refractivity contribution < 1.29 is 19.1 Å². The Morgan fingerprint density at radius 1 is 1.03 bits per heavy atom. The first-order valence-electron chi connectivity index (χ1n) is 10.8. The van der Waals surface area contributed by atoms with Gasteiger partial charge in [-0.15, -0.1) is 0 Å². The highest BCUT2D eigenvalue weighted by molar-refractivity contribution is 9.10. The first kappa shape index (κ1) is 25.9. The van der Waals surface area contributed by atoms with Crippen LogP contribution in [0, 0.1) is 11.3 Å². The quantitative estimate of drug-likeness (QED) is 0.334. The third-order valence-corrected chi connectivity index (χ3v) is 6.82. The van der Waals surface area contributed by atoms with Crippen LogP contribution >= 0.6 is 27.7 Å². The van der Waals surface area contributed by atoms with Crippen molar-refractivity contribution in [3.63, 3.8) is 0 Å². The SMILES string of the molecule is COC(=O)C1=C(C(=O)OC)N(c2ccc(Sc3ncc(Br)cn3)cc2)C(N)=C(C#N)C1c1ccccc1. The fourth-order valence-electron chi connectivity index (χ4n) is 3.90. The highest BCUT2D eigenvalue weighted by Gasteiger charge is 2.42. The molecule has 3 aromatic rings. The molecule has 0 radical (unpaired) electrons. The molecule has 2 heterocycles. The molecule has 0 aliphatic carbocycles. The second kappa shape index (κ2) is 11.3. The monoisotopic (exact) mass is 577 g/mol. The molecule has 37 heavy (non-hydrogen) atoms. The Balaban J connectivity index is 1.86. The van der Waals surface area contributed by atoms with E-state index in [9.17, 15) is 14.9 Å². The molecule has 0 spiro atoms. The number of halogens is 1. The van der Waals surface area contributed by atoms with Crippen LogP contribution in [0.25, 0.3) is 0 Å². The molecule has 4 rings (SSSR count). The number of nitrogens with two attached hydrogens (primary N) is 1. The van der Waals surface area contributed by atoms with Crippen LogP contribution < -0.4 is 10.6 Å². The Bertz CT molecular complexity index is 1430. The number of nitrogens with zero attached hydrogens (tertiary/aromatic N) is 4. The van der Waals surface area contributed by atoms with Crippen LogP contribution in [-0.4, -0.2) is 36.1 Å². The van der Waals surface area contributed by atoms with Gasteiger partial charge in [-0.3, -0.25) is 4.90 Å². The van der Waals surface area contributed by atoms with Crippen LogP contribution in [0.3, 0.4) is 0 Å². The molecule has 1 aromatic heterocycles. The van der Waals surface area contributed by atoms with Gasteiger partial charge in [-0.2, -0.15) is 5.26 Å². The molecule has 1 aliphatic heterocycles. The van der Waals surface area contributed by atoms with Crippen LogP contribution in [0.5, 0.6) is 0 Å². The summed E-state index contributed by atoms with van der Waals surface area (Å²) in [6.45, 7) is 0. The Morgan fingerprint density at radius 2 is 1.65 bits per heavy atom. The highest BCUT2D eigenvalue weighted by Crippen LogP contribution is 2.43. The highest BCUT2D eigenvalue weighted by atomic mass is 79.9. The molecular formula is C26H20BrN5O4S. The average molecular weight is 578 g/mol. The van der Waals surface area contributed by atoms with Crippen LogP contribution in [0.1, 0.15) is 11.5 Å². The van der Waals surface area contributed by atoms with Crippen molar-refractivity contribution in [2.75, 3.05) is 19.1 Å². The molecule has 1 aliphatic rings. The minimum absolute atomic E-state index is 0.000974. The number of aromatic nitrogens is 2. The predicted molar refractivity (Wildman–Crippen MR) is 140 cm³/mol. The number of nitriles is 1. The lowest BCUT2D eigenvalue weighted by atomic mass is 9.81. The van der Waals surface area contributed by atoms with Crippen LogP contribution in [0.2, 0.25) is 0 Å². The maximum absolute atomic E-state index is 13.1. The molecule has 1 unspecified atom stereocenters. The first-order chi connectivity index (χ1) is 17.9. The number of esters is 2. The minimum Gasteiger partial charge on any atom is -0.466 e. The lowest BCUT2D eigenvalue weighted by Gasteiger charge is -2.35. The maximum atomic E-state index is 13.1. The number of carbonyl (C=O) groups is 2. The van der Waals surface area contributed by atoms with Crippen molar-refractivity contribution in [1.82, 2.24) is 9.97 Å². The number of ether oxygens (including phenoxy) is 2.